The predicted octanol–water partition coefficient (Wildman–Crippen LogP) is 2.77. The summed E-state index contributed by atoms with van der Waals surface area (Å²) in [6.45, 7) is 11.2. The van der Waals surface area contributed by atoms with Crippen molar-refractivity contribution in [3.05, 3.63) is 58.2 Å². The van der Waals surface area contributed by atoms with E-state index in [1.165, 1.54) is 22.8 Å². The van der Waals surface area contributed by atoms with Gasteiger partial charge in [-0.15, -0.1) is 0 Å². The number of aryl methyl sites for hydroxylation is 1. The topological polar surface area (TPSA) is 74.8 Å². The van der Waals surface area contributed by atoms with Crippen LogP contribution in [-0.4, -0.2) is 54.6 Å². The van der Waals surface area contributed by atoms with Crippen LogP contribution in [0, 0.1) is 13.8 Å². The summed E-state index contributed by atoms with van der Waals surface area (Å²) in [5.41, 5.74) is 5.39. The molecule has 1 aliphatic carbocycles. The zero-order valence-electron chi connectivity index (χ0n) is 16.6. The first-order valence-electron chi connectivity index (χ1n) is 9.48. The lowest BCUT2D eigenvalue weighted by Gasteiger charge is -2.30. The maximum Gasteiger partial charge on any atom is 0.206 e. The fraction of sp³-hybridized carbons (Fsp3) is 0.545. The van der Waals surface area contributed by atoms with Gasteiger partial charge in [0.2, 0.25) is 5.79 Å². The molecule has 1 aromatic rings. The average Bonchev–Trinajstić information content (AvgIpc) is 3.52. The lowest BCUT2D eigenvalue weighted by Crippen LogP contribution is -2.31. The van der Waals surface area contributed by atoms with E-state index in [9.17, 15) is 10.2 Å². The molecular formula is C22H30O5. The Morgan fingerprint density at radius 3 is 2.19 bits per heavy atom. The number of hydrogen-bond acceptors (Lipinski definition) is 5. The fourth-order valence-electron chi connectivity index (χ4n) is 3.13. The maximum atomic E-state index is 9.81. The second-order valence-electron chi connectivity index (χ2n) is 7.61. The number of hydrogen-bond donors (Lipinski definition) is 2. The first-order chi connectivity index (χ1) is 12.8. The van der Waals surface area contributed by atoms with Crippen LogP contribution in [0.5, 0.6) is 0 Å². The molecule has 2 saturated heterocycles. The van der Waals surface area contributed by atoms with Gasteiger partial charge in [0.05, 0.1) is 26.4 Å². The van der Waals surface area contributed by atoms with Crippen molar-refractivity contribution in [1.82, 2.24) is 0 Å². The highest BCUT2D eigenvalue weighted by atomic mass is 16.6. The van der Waals surface area contributed by atoms with Crippen LogP contribution in [0.2, 0.25) is 0 Å². The third kappa shape index (κ3) is 5.27. The molecule has 3 unspecified atom stereocenters. The van der Waals surface area contributed by atoms with Gasteiger partial charge in [-0.25, -0.2) is 0 Å². The molecular weight excluding hydrogens is 344 g/mol. The zero-order valence-corrected chi connectivity index (χ0v) is 16.6. The van der Waals surface area contributed by atoms with Gasteiger partial charge in [-0.3, -0.25) is 0 Å². The molecule has 0 spiro atoms. The van der Waals surface area contributed by atoms with Crippen molar-refractivity contribution in [3.8, 4) is 0 Å². The van der Waals surface area contributed by atoms with Crippen molar-refractivity contribution in [2.24, 2.45) is 0 Å². The van der Waals surface area contributed by atoms with Gasteiger partial charge in [0.1, 0.15) is 12.2 Å². The Hall–Kier alpha value is -1.50. The van der Waals surface area contributed by atoms with Crippen molar-refractivity contribution in [2.75, 3.05) is 26.4 Å². The molecule has 4 rings (SSSR count). The first kappa shape index (κ1) is 20.2. The van der Waals surface area contributed by atoms with E-state index in [0.717, 1.165) is 32.0 Å². The van der Waals surface area contributed by atoms with Gasteiger partial charge in [-0.1, -0.05) is 29.8 Å². The molecule has 5 heteroatoms. The summed E-state index contributed by atoms with van der Waals surface area (Å²) in [6, 6.07) is 6.25. The molecule has 0 amide bonds. The summed E-state index contributed by atoms with van der Waals surface area (Å²) in [4.78, 5) is 0. The largest absolute Gasteiger partial charge is 0.376 e. The summed E-state index contributed by atoms with van der Waals surface area (Å²) in [7, 11) is 0. The van der Waals surface area contributed by atoms with E-state index in [2.05, 4.69) is 26.0 Å². The van der Waals surface area contributed by atoms with Crippen molar-refractivity contribution in [1.29, 1.82) is 0 Å². The van der Waals surface area contributed by atoms with Crippen LogP contribution in [0.4, 0.5) is 0 Å². The smallest absolute Gasteiger partial charge is 0.206 e. The van der Waals surface area contributed by atoms with Crippen molar-refractivity contribution < 1.29 is 24.4 Å². The number of epoxide rings is 2. The quantitative estimate of drug-likeness (QED) is 0.471. The number of ether oxygens (including phenoxy) is 3. The van der Waals surface area contributed by atoms with E-state index in [4.69, 9.17) is 14.2 Å². The standard InChI is InChI=1S/C16H20O2.C6H10O3/c1-10-6-5-7-14(11(10)2)15-8-9-16(17,18)13(4)12(15)3;1(5-3-8-5)7-2-6-4-9-6/h5-9,15,17-18H,1-4H3;5-6H,1-4H2. The lowest BCUT2D eigenvalue weighted by molar-refractivity contribution is -0.0866. The molecule has 2 fully saturated rings. The van der Waals surface area contributed by atoms with Gasteiger partial charge < -0.3 is 24.4 Å². The van der Waals surface area contributed by atoms with E-state index < -0.39 is 5.79 Å². The molecule has 148 valence electrons. The Balaban J connectivity index is 0.000000193. The Bertz CT molecular complexity index is 714. The van der Waals surface area contributed by atoms with Crippen LogP contribution in [-0.2, 0) is 14.2 Å². The van der Waals surface area contributed by atoms with E-state index in [0.29, 0.717) is 17.8 Å². The monoisotopic (exact) mass is 374 g/mol. The van der Waals surface area contributed by atoms with Crippen LogP contribution in [0.3, 0.4) is 0 Å². The Morgan fingerprint density at radius 2 is 1.63 bits per heavy atom. The molecule has 3 atom stereocenters. The Labute approximate surface area is 161 Å². The van der Waals surface area contributed by atoms with Gasteiger partial charge in [-0.2, -0.15) is 0 Å². The number of aliphatic hydroxyl groups is 2. The molecule has 5 nitrogen and oxygen atoms in total. The zero-order chi connectivity index (χ0) is 19.6. The van der Waals surface area contributed by atoms with Crippen molar-refractivity contribution in [3.63, 3.8) is 0 Å². The third-order valence-corrected chi connectivity index (χ3v) is 5.52. The minimum Gasteiger partial charge on any atom is -0.376 e. The lowest BCUT2D eigenvalue weighted by atomic mass is 9.80. The average molecular weight is 374 g/mol. The third-order valence-electron chi connectivity index (χ3n) is 5.52. The summed E-state index contributed by atoms with van der Waals surface area (Å²) in [6.07, 6.45) is 4.14. The Morgan fingerprint density at radius 1 is 1.04 bits per heavy atom. The van der Waals surface area contributed by atoms with E-state index in [-0.39, 0.29) is 5.92 Å². The SMILES string of the molecule is C(OCC1CO1)C1CO1.CC1=C(C)C(O)(O)C=CC1c1cccc(C)c1C. The van der Waals surface area contributed by atoms with Crippen LogP contribution < -0.4 is 0 Å². The van der Waals surface area contributed by atoms with E-state index in [1.807, 2.05) is 19.1 Å². The second kappa shape index (κ2) is 8.25. The van der Waals surface area contributed by atoms with Crippen LogP contribution in [0.1, 0.15) is 36.5 Å². The molecule has 2 aliphatic heterocycles. The molecule has 2 N–H and O–H groups in total. The molecule has 1 aromatic carbocycles. The molecule has 0 saturated carbocycles. The maximum absolute atomic E-state index is 9.81. The molecule has 0 bridgehead atoms. The summed E-state index contributed by atoms with van der Waals surface area (Å²) in [5, 5.41) is 19.6. The van der Waals surface area contributed by atoms with E-state index in [1.54, 1.807) is 6.92 Å². The molecule has 27 heavy (non-hydrogen) atoms. The van der Waals surface area contributed by atoms with Crippen LogP contribution in [0.15, 0.2) is 41.5 Å². The molecule has 3 aliphatic rings. The number of allylic oxidation sites excluding steroid dienone is 2. The fourth-order valence-corrected chi connectivity index (χ4v) is 3.13. The normalized spacial score (nSPS) is 27.9. The molecule has 2 heterocycles. The van der Waals surface area contributed by atoms with Crippen LogP contribution >= 0.6 is 0 Å². The van der Waals surface area contributed by atoms with Crippen molar-refractivity contribution in [2.45, 2.75) is 51.6 Å². The van der Waals surface area contributed by atoms with Gasteiger partial charge >= 0.3 is 0 Å². The van der Waals surface area contributed by atoms with E-state index >= 15 is 0 Å². The highest BCUT2D eigenvalue weighted by Crippen LogP contribution is 2.37. The molecule has 0 radical (unpaired) electrons. The second-order valence-corrected chi connectivity index (χ2v) is 7.61. The van der Waals surface area contributed by atoms with Crippen LogP contribution in [0.25, 0.3) is 0 Å². The predicted molar refractivity (Wildman–Crippen MR) is 104 cm³/mol. The summed E-state index contributed by atoms with van der Waals surface area (Å²) >= 11 is 0. The molecule has 0 aromatic heterocycles. The van der Waals surface area contributed by atoms with Gasteiger partial charge in [0.25, 0.3) is 0 Å². The first-order valence-corrected chi connectivity index (χ1v) is 9.48. The highest BCUT2D eigenvalue weighted by Gasteiger charge is 2.31. The number of benzene rings is 1. The van der Waals surface area contributed by atoms with Crippen molar-refractivity contribution >= 4 is 0 Å². The minimum absolute atomic E-state index is 0.136. The van der Waals surface area contributed by atoms with Gasteiger partial charge in [0.15, 0.2) is 0 Å². The van der Waals surface area contributed by atoms with Gasteiger partial charge in [-0.05, 0) is 56.0 Å². The van der Waals surface area contributed by atoms with Gasteiger partial charge in [0, 0.05) is 5.92 Å². The minimum atomic E-state index is -1.79. The number of rotatable bonds is 5. The highest BCUT2D eigenvalue weighted by molar-refractivity contribution is 5.46. The Kier molecular flexibility index (Phi) is 6.18. The summed E-state index contributed by atoms with van der Waals surface area (Å²) in [5.74, 6) is -1.66. The summed E-state index contributed by atoms with van der Waals surface area (Å²) < 4.78 is 15.1.